The summed E-state index contributed by atoms with van der Waals surface area (Å²) in [7, 11) is 0. The molecule has 0 aromatic heterocycles. The molecule has 2 fully saturated rings. The molecule has 23 heavy (non-hydrogen) atoms. The molecule has 0 spiro atoms. The predicted octanol–water partition coefficient (Wildman–Crippen LogP) is 2.50. The molecule has 124 valence electrons. The number of benzene rings is 1. The lowest BCUT2D eigenvalue weighted by atomic mass is 10.0. The van der Waals surface area contributed by atoms with Crippen LogP contribution in [0.15, 0.2) is 18.2 Å². The molecule has 5 heteroatoms. The number of fused-ring (bicyclic) bond motifs is 1. The molecule has 0 N–H and O–H groups in total. The zero-order chi connectivity index (χ0) is 15.8. The van der Waals surface area contributed by atoms with E-state index in [1.807, 2.05) is 18.2 Å². The zero-order valence-electron chi connectivity index (χ0n) is 13.7. The van der Waals surface area contributed by atoms with Gasteiger partial charge in [-0.2, -0.15) is 0 Å². The Morgan fingerprint density at radius 1 is 1.13 bits per heavy atom. The summed E-state index contributed by atoms with van der Waals surface area (Å²) in [6.45, 7) is 5.58. The van der Waals surface area contributed by atoms with Crippen LogP contribution in [-0.2, 0) is 0 Å². The minimum Gasteiger partial charge on any atom is -0.454 e. The van der Waals surface area contributed by atoms with Gasteiger partial charge < -0.3 is 14.4 Å². The van der Waals surface area contributed by atoms with E-state index in [-0.39, 0.29) is 12.7 Å². The number of carbonyl (C=O) groups is 1. The molecular weight excluding hydrogens is 292 g/mol. The van der Waals surface area contributed by atoms with Crippen LogP contribution < -0.4 is 9.47 Å². The first-order valence-electron chi connectivity index (χ1n) is 8.72. The Kier molecular flexibility index (Phi) is 3.89. The van der Waals surface area contributed by atoms with E-state index in [4.69, 9.17) is 9.47 Å². The zero-order valence-corrected chi connectivity index (χ0v) is 13.7. The molecule has 2 saturated heterocycles. The van der Waals surface area contributed by atoms with Gasteiger partial charge in [-0.15, -0.1) is 0 Å². The van der Waals surface area contributed by atoms with E-state index < -0.39 is 0 Å². The SMILES string of the molecule is CCN1CCC[C@H]1[C@@H]1CCCN1C(=O)c1ccc2c(c1)OCO2. The monoisotopic (exact) mass is 316 g/mol. The molecule has 5 nitrogen and oxygen atoms in total. The van der Waals surface area contributed by atoms with Gasteiger partial charge in [0.15, 0.2) is 11.5 Å². The number of rotatable bonds is 3. The largest absolute Gasteiger partial charge is 0.454 e. The maximum atomic E-state index is 13.0. The highest BCUT2D eigenvalue weighted by Gasteiger charge is 2.39. The van der Waals surface area contributed by atoms with Gasteiger partial charge in [-0.3, -0.25) is 9.69 Å². The number of hydrogen-bond donors (Lipinski definition) is 0. The van der Waals surface area contributed by atoms with Crippen LogP contribution in [0.5, 0.6) is 11.5 Å². The Bertz CT molecular complexity index is 604. The smallest absolute Gasteiger partial charge is 0.254 e. The van der Waals surface area contributed by atoms with Crippen molar-refractivity contribution < 1.29 is 14.3 Å². The van der Waals surface area contributed by atoms with E-state index >= 15 is 0 Å². The summed E-state index contributed by atoms with van der Waals surface area (Å²) >= 11 is 0. The molecular formula is C18H24N2O3. The minimum atomic E-state index is 0.133. The Labute approximate surface area is 137 Å². The van der Waals surface area contributed by atoms with Crippen LogP contribution in [0.3, 0.4) is 0 Å². The van der Waals surface area contributed by atoms with Crippen molar-refractivity contribution in [3.8, 4) is 11.5 Å². The van der Waals surface area contributed by atoms with E-state index in [2.05, 4.69) is 16.7 Å². The molecule has 0 aliphatic carbocycles. The van der Waals surface area contributed by atoms with E-state index in [1.165, 1.54) is 19.4 Å². The molecule has 2 atom stereocenters. The third kappa shape index (κ3) is 2.57. The maximum absolute atomic E-state index is 13.0. The lowest BCUT2D eigenvalue weighted by molar-refractivity contribution is 0.0649. The van der Waals surface area contributed by atoms with Crippen LogP contribution in [0.4, 0.5) is 0 Å². The average molecular weight is 316 g/mol. The first-order valence-corrected chi connectivity index (χ1v) is 8.72. The highest BCUT2D eigenvalue weighted by Crippen LogP contribution is 2.35. The molecule has 1 amide bonds. The van der Waals surface area contributed by atoms with E-state index in [9.17, 15) is 4.79 Å². The second kappa shape index (κ2) is 6.04. The summed E-state index contributed by atoms with van der Waals surface area (Å²) in [6, 6.07) is 6.41. The van der Waals surface area contributed by atoms with Gasteiger partial charge >= 0.3 is 0 Å². The third-order valence-electron chi connectivity index (χ3n) is 5.44. The fourth-order valence-electron chi connectivity index (χ4n) is 4.32. The summed E-state index contributed by atoms with van der Waals surface area (Å²) < 4.78 is 10.7. The first-order chi connectivity index (χ1) is 11.3. The number of amides is 1. The molecule has 0 radical (unpaired) electrons. The number of nitrogens with zero attached hydrogens (tertiary/aromatic N) is 2. The van der Waals surface area contributed by atoms with Gasteiger partial charge in [0.2, 0.25) is 6.79 Å². The number of hydrogen-bond acceptors (Lipinski definition) is 4. The topological polar surface area (TPSA) is 42.0 Å². The van der Waals surface area contributed by atoms with Gasteiger partial charge in [0.05, 0.1) is 0 Å². The van der Waals surface area contributed by atoms with E-state index in [0.29, 0.717) is 23.4 Å². The molecule has 3 aliphatic rings. The lowest BCUT2D eigenvalue weighted by Crippen LogP contribution is -2.48. The number of ether oxygens (including phenoxy) is 2. The van der Waals surface area contributed by atoms with Crippen LogP contribution in [0.2, 0.25) is 0 Å². The van der Waals surface area contributed by atoms with Crippen molar-refractivity contribution in [3.63, 3.8) is 0 Å². The first kappa shape index (κ1) is 14.8. The van der Waals surface area contributed by atoms with Crippen LogP contribution >= 0.6 is 0 Å². The summed E-state index contributed by atoms with van der Waals surface area (Å²) in [5.74, 6) is 1.55. The minimum absolute atomic E-state index is 0.133. The standard InChI is InChI=1S/C18H24N2O3/c1-2-19-9-3-5-14(19)15-6-4-10-20(15)18(21)13-7-8-16-17(11-13)23-12-22-16/h7-8,11,14-15H,2-6,9-10,12H2,1H3/t14-,15-/m0/s1. The second-order valence-corrected chi connectivity index (χ2v) is 6.61. The van der Waals surface area contributed by atoms with E-state index in [1.54, 1.807) is 0 Å². The van der Waals surface area contributed by atoms with Gasteiger partial charge in [-0.1, -0.05) is 6.92 Å². The molecule has 0 saturated carbocycles. The number of likely N-dealkylation sites (N-methyl/N-ethyl adjacent to an activating group) is 1. The predicted molar refractivity (Wildman–Crippen MR) is 86.9 cm³/mol. The van der Waals surface area contributed by atoms with Crippen molar-refractivity contribution in [2.24, 2.45) is 0 Å². The quantitative estimate of drug-likeness (QED) is 0.859. The fraction of sp³-hybridized carbons (Fsp3) is 0.611. The summed E-state index contributed by atoms with van der Waals surface area (Å²) in [5.41, 5.74) is 0.710. The highest BCUT2D eigenvalue weighted by atomic mass is 16.7. The van der Waals surface area contributed by atoms with Crippen molar-refractivity contribution in [1.82, 2.24) is 9.80 Å². The Morgan fingerprint density at radius 3 is 2.78 bits per heavy atom. The number of likely N-dealkylation sites (tertiary alicyclic amines) is 2. The van der Waals surface area contributed by atoms with E-state index in [0.717, 1.165) is 31.7 Å². The Balaban J connectivity index is 1.55. The third-order valence-corrected chi connectivity index (χ3v) is 5.44. The molecule has 1 aromatic rings. The van der Waals surface area contributed by atoms with Gasteiger partial charge in [0, 0.05) is 24.2 Å². The summed E-state index contributed by atoms with van der Waals surface area (Å²) in [4.78, 5) is 17.7. The van der Waals surface area contributed by atoms with Crippen LogP contribution in [-0.4, -0.2) is 54.2 Å². The lowest BCUT2D eigenvalue weighted by Gasteiger charge is -2.34. The van der Waals surface area contributed by atoms with Crippen molar-refractivity contribution in [2.45, 2.75) is 44.7 Å². The van der Waals surface area contributed by atoms with Crippen molar-refractivity contribution in [3.05, 3.63) is 23.8 Å². The molecule has 3 heterocycles. The Hall–Kier alpha value is -1.75. The van der Waals surface area contributed by atoms with Gasteiger partial charge in [0.25, 0.3) is 5.91 Å². The molecule has 4 rings (SSSR count). The van der Waals surface area contributed by atoms with Crippen molar-refractivity contribution >= 4 is 5.91 Å². The van der Waals surface area contributed by atoms with Crippen LogP contribution in [0.25, 0.3) is 0 Å². The van der Waals surface area contributed by atoms with Gasteiger partial charge in [-0.05, 0) is 57.0 Å². The number of carbonyl (C=O) groups excluding carboxylic acids is 1. The summed E-state index contributed by atoms with van der Waals surface area (Å²) in [5, 5.41) is 0. The van der Waals surface area contributed by atoms with Crippen LogP contribution in [0.1, 0.15) is 43.0 Å². The average Bonchev–Trinajstić information content (AvgIpc) is 3.30. The molecule has 3 aliphatic heterocycles. The van der Waals surface area contributed by atoms with Crippen molar-refractivity contribution in [2.75, 3.05) is 26.4 Å². The van der Waals surface area contributed by atoms with Crippen molar-refractivity contribution in [1.29, 1.82) is 0 Å². The maximum Gasteiger partial charge on any atom is 0.254 e. The highest BCUT2D eigenvalue weighted by molar-refractivity contribution is 5.95. The van der Waals surface area contributed by atoms with Crippen LogP contribution in [0, 0.1) is 0 Å². The Morgan fingerprint density at radius 2 is 1.91 bits per heavy atom. The van der Waals surface area contributed by atoms with Gasteiger partial charge in [0.1, 0.15) is 0 Å². The normalized spacial score (nSPS) is 26.9. The molecule has 0 unspecified atom stereocenters. The van der Waals surface area contributed by atoms with Gasteiger partial charge in [-0.25, -0.2) is 0 Å². The summed E-state index contributed by atoms with van der Waals surface area (Å²) in [6.07, 6.45) is 4.69. The fourth-order valence-corrected chi connectivity index (χ4v) is 4.32. The molecule has 0 bridgehead atoms. The second-order valence-electron chi connectivity index (χ2n) is 6.61. The molecule has 1 aromatic carbocycles.